The highest BCUT2D eigenvalue weighted by Gasteiger charge is 2.24. The number of methoxy groups -OCH3 is 1. The van der Waals surface area contributed by atoms with Crippen LogP contribution in [0.2, 0.25) is 0 Å². The summed E-state index contributed by atoms with van der Waals surface area (Å²) in [5, 5.41) is 2.27. The van der Waals surface area contributed by atoms with Crippen LogP contribution in [0.5, 0.6) is 5.95 Å². The number of hydrogen-bond acceptors (Lipinski definition) is 4. The SMILES string of the molecule is CCCCC1C=CC(Oc2ccc(C(=O)OC)o2)=c2[nH]c3c(c21)CCCC=3. The van der Waals surface area contributed by atoms with Crippen molar-refractivity contribution in [3.63, 3.8) is 0 Å². The number of rotatable bonds is 6. The number of allylic oxidation sites excluding steroid dienone is 1. The van der Waals surface area contributed by atoms with Crippen molar-refractivity contribution in [1.29, 1.82) is 0 Å². The molecule has 1 unspecified atom stereocenters. The Bertz CT molecular complexity index is 992. The quantitative estimate of drug-likeness (QED) is 0.793. The van der Waals surface area contributed by atoms with E-state index < -0.39 is 5.97 Å². The van der Waals surface area contributed by atoms with Gasteiger partial charge in [0.25, 0.3) is 5.95 Å². The van der Waals surface area contributed by atoms with E-state index in [0.717, 1.165) is 30.4 Å². The first kappa shape index (κ1) is 17.7. The van der Waals surface area contributed by atoms with Gasteiger partial charge in [0.15, 0.2) is 5.76 Å². The molecule has 2 heterocycles. The molecule has 2 aliphatic rings. The van der Waals surface area contributed by atoms with E-state index in [9.17, 15) is 4.79 Å². The van der Waals surface area contributed by atoms with Crippen LogP contribution >= 0.6 is 0 Å². The van der Waals surface area contributed by atoms with Crippen LogP contribution in [0.1, 0.15) is 66.6 Å². The highest BCUT2D eigenvalue weighted by atomic mass is 16.6. The molecule has 2 aromatic heterocycles. The number of fused-ring (bicyclic) bond motifs is 3. The van der Waals surface area contributed by atoms with Crippen LogP contribution in [0.25, 0.3) is 11.8 Å². The fourth-order valence-electron chi connectivity index (χ4n) is 3.97. The summed E-state index contributed by atoms with van der Waals surface area (Å²) in [4.78, 5) is 15.2. The first-order valence-corrected chi connectivity index (χ1v) is 9.70. The zero-order chi connectivity index (χ0) is 18.8. The van der Waals surface area contributed by atoms with Crippen LogP contribution in [-0.4, -0.2) is 18.1 Å². The minimum atomic E-state index is -0.515. The molecule has 0 aromatic carbocycles. The lowest BCUT2D eigenvalue weighted by Crippen LogP contribution is -2.22. The van der Waals surface area contributed by atoms with Crippen molar-refractivity contribution < 1.29 is 18.7 Å². The standard InChI is InChI=1S/C22H25NO4/c1-3-4-7-14-10-11-17(26-19-13-12-18(27-19)22(24)25-2)21-20(14)15-8-5-6-9-16(15)23-21/h9-14,23H,3-8H2,1-2H3. The van der Waals surface area contributed by atoms with Crippen LogP contribution in [0.3, 0.4) is 0 Å². The molecule has 2 aliphatic carbocycles. The molecule has 1 atom stereocenters. The minimum absolute atomic E-state index is 0.132. The van der Waals surface area contributed by atoms with Gasteiger partial charge in [-0.3, -0.25) is 0 Å². The lowest BCUT2D eigenvalue weighted by molar-refractivity contribution is 0.0560. The second-order valence-electron chi connectivity index (χ2n) is 7.09. The van der Waals surface area contributed by atoms with E-state index in [1.807, 2.05) is 6.08 Å². The zero-order valence-electron chi connectivity index (χ0n) is 15.8. The summed E-state index contributed by atoms with van der Waals surface area (Å²) in [6.45, 7) is 2.23. The molecule has 142 valence electrons. The Morgan fingerprint density at radius 1 is 1.37 bits per heavy atom. The number of ether oxygens (including phenoxy) is 2. The van der Waals surface area contributed by atoms with Gasteiger partial charge in [-0.15, -0.1) is 0 Å². The number of hydrogen-bond donors (Lipinski definition) is 1. The summed E-state index contributed by atoms with van der Waals surface area (Å²) in [6.07, 6.45) is 13.5. The molecule has 0 fully saturated rings. The largest absolute Gasteiger partial charge is 0.463 e. The molecule has 4 rings (SSSR count). The Balaban J connectivity index is 1.74. The molecule has 0 radical (unpaired) electrons. The third-order valence-corrected chi connectivity index (χ3v) is 5.30. The van der Waals surface area contributed by atoms with Crippen molar-refractivity contribution in [3.8, 4) is 5.95 Å². The normalized spacial score (nSPS) is 17.9. The monoisotopic (exact) mass is 367 g/mol. The van der Waals surface area contributed by atoms with Crippen LogP contribution in [0.4, 0.5) is 0 Å². The van der Waals surface area contributed by atoms with Crippen molar-refractivity contribution in [2.75, 3.05) is 7.11 Å². The molecule has 2 aromatic rings. The molecule has 0 amide bonds. The Kier molecular flexibility index (Phi) is 4.92. The third kappa shape index (κ3) is 3.34. The molecule has 0 saturated heterocycles. The third-order valence-electron chi connectivity index (χ3n) is 5.30. The van der Waals surface area contributed by atoms with E-state index in [-0.39, 0.29) is 11.7 Å². The summed E-state index contributed by atoms with van der Waals surface area (Å²) in [5.74, 6) is 1.05. The van der Waals surface area contributed by atoms with Crippen molar-refractivity contribution >= 4 is 17.8 Å². The second kappa shape index (κ2) is 7.51. The number of esters is 1. The van der Waals surface area contributed by atoms with E-state index in [2.05, 4.69) is 28.8 Å². The lowest BCUT2D eigenvalue weighted by Gasteiger charge is -2.19. The minimum Gasteiger partial charge on any atom is -0.463 e. The smallest absolute Gasteiger partial charge is 0.374 e. The summed E-state index contributed by atoms with van der Waals surface area (Å²) >= 11 is 0. The van der Waals surface area contributed by atoms with Gasteiger partial charge in [-0.05, 0) is 49.0 Å². The molecule has 0 saturated carbocycles. The van der Waals surface area contributed by atoms with E-state index >= 15 is 0 Å². The summed E-state index contributed by atoms with van der Waals surface area (Å²) in [7, 11) is 1.33. The van der Waals surface area contributed by atoms with Gasteiger partial charge >= 0.3 is 5.97 Å². The van der Waals surface area contributed by atoms with Gasteiger partial charge < -0.3 is 18.9 Å². The van der Waals surface area contributed by atoms with Crippen LogP contribution in [0, 0.1) is 0 Å². The number of H-pyrrole nitrogens is 1. The molecular formula is C22H25NO4. The number of unbranched alkanes of at least 4 members (excludes halogenated alkanes) is 1. The van der Waals surface area contributed by atoms with Gasteiger partial charge in [-0.1, -0.05) is 31.9 Å². The van der Waals surface area contributed by atoms with E-state index in [1.54, 1.807) is 12.1 Å². The Morgan fingerprint density at radius 3 is 3.07 bits per heavy atom. The topological polar surface area (TPSA) is 64.5 Å². The number of carbonyl (C=O) groups excluding carboxylic acids is 1. The second-order valence-corrected chi connectivity index (χ2v) is 7.09. The lowest BCUT2D eigenvalue weighted by atomic mass is 9.86. The highest BCUT2D eigenvalue weighted by Crippen LogP contribution is 2.29. The maximum atomic E-state index is 11.6. The molecule has 0 spiro atoms. The summed E-state index contributed by atoms with van der Waals surface area (Å²) in [6, 6.07) is 3.21. The van der Waals surface area contributed by atoms with E-state index in [4.69, 9.17) is 9.15 Å². The molecular weight excluding hydrogens is 342 g/mol. The molecule has 27 heavy (non-hydrogen) atoms. The summed E-state index contributed by atoms with van der Waals surface area (Å²) in [5.41, 5.74) is 2.80. The van der Waals surface area contributed by atoms with Crippen molar-refractivity contribution in [2.45, 2.75) is 51.4 Å². The number of aromatic nitrogens is 1. The van der Waals surface area contributed by atoms with Gasteiger partial charge in [-0.25, -0.2) is 4.79 Å². The predicted molar refractivity (Wildman–Crippen MR) is 103 cm³/mol. The fraction of sp³-hybridized carbons (Fsp3) is 0.409. The van der Waals surface area contributed by atoms with Crippen LogP contribution in [0.15, 0.2) is 28.7 Å². The predicted octanol–water partition coefficient (Wildman–Crippen LogP) is 3.54. The Hall–Kier alpha value is -2.69. The van der Waals surface area contributed by atoms with Gasteiger partial charge in [0.1, 0.15) is 0 Å². The van der Waals surface area contributed by atoms with Gasteiger partial charge in [-0.2, -0.15) is 0 Å². The molecule has 1 N–H and O–H groups in total. The van der Waals surface area contributed by atoms with E-state index in [1.165, 1.54) is 42.8 Å². The average molecular weight is 367 g/mol. The first-order valence-electron chi connectivity index (χ1n) is 9.70. The fourth-order valence-corrected chi connectivity index (χ4v) is 3.97. The summed E-state index contributed by atoms with van der Waals surface area (Å²) < 4.78 is 16.2. The van der Waals surface area contributed by atoms with Gasteiger partial charge in [0.05, 0.1) is 12.5 Å². The number of carbonyl (C=O) groups is 1. The number of aromatic amines is 1. The number of furan rings is 1. The van der Waals surface area contributed by atoms with Crippen LogP contribution < -0.4 is 15.4 Å². The molecule has 0 bridgehead atoms. The Morgan fingerprint density at radius 2 is 2.26 bits per heavy atom. The zero-order valence-corrected chi connectivity index (χ0v) is 15.8. The molecule has 5 nitrogen and oxygen atoms in total. The van der Waals surface area contributed by atoms with Gasteiger partial charge in [0, 0.05) is 17.3 Å². The van der Waals surface area contributed by atoms with E-state index in [0.29, 0.717) is 5.92 Å². The molecule has 5 heteroatoms. The maximum absolute atomic E-state index is 11.6. The van der Waals surface area contributed by atoms with Crippen molar-refractivity contribution in [3.05, 3.63) is 51.9 Å². The van der Waals surface area contributed by atoms with Gasteiger partial charge in [0.2, 0.25) is 5.76 Å². The van der Waals surface area contributed by atoms with Crippen molar-refractivity contribution in [2.24, 2.45) is 0 Å². The van der Waals surface area contributed by atoms with Crippen LogP contribution in [-0.2, 0) is 11.2 Å². The van der Waals surface area contributed by atoms with Crippen molar-refractivity contribution in [1.82, 2.24) is 4.98 Å². The Labute approximate surface area is 158 Å². The first-order chi connectivity index (χ1) is 13.2. The average Bonchev–Trinajstić information content (AvgIpc) is 3.32. The maximum Gasteiger partial charge on any atom is 0.374 e. The number of nitrogens with one attached hydrogen (secondary N) is 1. The molecule has 0 aliphatic heterocycles. The highest BCUT2D eigenvalue weighted by molar-refractivity contribution is 5.86.